The Labute approximate surface area is 152 Å². The van der Waals surface area contributed by atoms with Crippen LogP contribution in [0.5, 0.6) is 0 Å². The molecule has 4 rings (SSSR count). The number of nitrogens with zero attached hydrogens (tertiary/aromatic N) is 2. The van der Waals surface area contributed by atoms with Crippen molar-refractivity contribution in [3.8, 4) is 0 Å². The van der Waals surface area contributed by atoms with E-state index in [9.17, 15) is 13.6 Å². The number of benzene rings is 1. The summed E-state index contributed by atoms with van der Waals surface area (Å²) < 4.78 is 24.6. The minimum absolute atomic E-state index is 0.0151. The molecule has 1 amide bonds. The number of halogens is 2. The molecule has 2 aliphatic rings. The number of nitrogens with one attached hydrogen (secondary N) is 1. The Bertz CT molecular complexity index is 815. The van der Waals surface area contributed by atoms with Crippen molar-refractivity contribution in [3.63, 3.8) is 0 Å². The minimum atomic E-state index is -0.732. The molecule has 1 fully saturated rings. The van der Waals surface area contributed by atoms with Gasteiger partial charge in [-0.05, 0) is 53.7 Å². The zero-order valence-electron chi connectivity index (χ0n) is 15.6. The highest BCUT2D eigenvalue weighted by Gasteiger charge is 2.47. The van der Waals surface area contributed by atoms with Crippen LogP contribution in [-0.4, -0.2) is 22.9 Å². The van der Waals surface area contributed by atoms with Crippen molar-refractivity contribution in [1.82, 2.24) is 9.78 Å². The fourth-order valence-electron chi connectivity index (χ4n) is 4.89. The highest BCUT2D eigenvalue weighted by Crippen LogP contribution is 2.61. The second-order valence-corrected chi connectivity index (χ2v) is 7.38. The molecule has 0 aliphatic heterocycles. The lowest BCUT2D eigenvalue weighted by Gasteiger charge is -2.21. The van der Waals surface area contributed by atoms with Crippen molar-refractivity contribution in [1.29, 1.82) is 0 Å². The summed E-state index contributed by atoms with van der Waals surface area (Å²) in [6.07, 6.45) is 3.82. The number of fused-ring (bicyclic) bond motifs is 5. The summed E-state index contributed by atoms with van der Waals surface area (Å²) in [7, 11) is 2.10. The van der Waals surface area contributed by atoms with Gasteiger partial charge in [-0.15, -0.1) is 5.10 Å². The van der Waals surface area contributed by atoms with E-state index in [1.807, 2.05) is 12.1 Å². The predicted octanol–water partition coefficient (Wildman–Crippen LogP) is 4.64. The van der Waals surface area contributed by atoms with Crippen LogP contribution in [0.4, 0.5) is 14.5 Å². The fourth-order valence-corrected chi connectivity index (χ4v) is 4.89. The Hall–Kier alpha value is -2.24. The van der Waals surface area contributed by atoms with Gasteiger partial charge in [0.25, 0.3) is 5.91 Å². The van der Waals surface area contributed by atoms with E-state index in [0.29, 0.717) is 30.8 Å². The van der Waals surface area contributed by atoms with E-state index in [1.54, 1.807) is 7.05 Å². The summed E-state index contributed by atoms with van der Waals surface area (Å²) in [5, 5.41) is 6.53. The lowest BCUT2D eigenvalue weighted by Crippen LogP contribution is -2.16. The van der Waals surface area contributed by atoms with Gasteiger partial charge in [0, 0.05) is 18.9 Å². The van der Waals surface area contributed by atoms with E-state index >= 15 is 0 Å². The van der Waals surface area contributed by atoms with Crippen LogP contribution >= 0.6 is 0 Å². The van der Waals surface area contributed by atoms with Gasteiger partial charge in [-0.25, -0.2) is 0 Å². The van der Waals surface area contributed by atoms with E-state index in [1.165, 1.54) is 34.8 Å². The summed E-state index contributed by atoms with van der Waals surface area (Å²) in [5.74, 6) is 1.20. The molecular formula is C20H25F2N3O. The lowest BCUT2D eigenvalue weighted by molar-refractivity contribution is 0.102. The first-order valence-electron chi connectivity index (χ1n) is 8.98. The van der Waals surface area contributed by atoms with Gasteiger partial charge >= 0.3 is 0 Å². The van der Waals surface area contributed by atoms with Crippen LogP contribution in [0.25, 0.3) is 0 Å². The lowest BCUT2D eigenvalue weighted by atomic mass is 9.85. The van der Waals surface area contributed by atoms with Gasteiger partial charge in [-0.1, -0.05) is 26.0 Å². The third-order valence-corrected chi connectivity index (χ3v) is 5.67. The number of alkyl halides is 1. The zero-order valence-corrected chi connectivity index (χ0v) is 15.6. The maximum atomic E-state index is 13.8. The number of amides is 1. The van der Waals surface area contributed by atoms with Crippen molar-refractivity contribution in [2.24, 2.45) is 18.9 Å². The van der Waals surface area contributed by atoms with Crippen LogP contribution < -0.4 is 5.32 Å². The number of anilines is 1. The van der Waals surface area contributed by atoms with Crippen molar-refractivity contribution in [3.05, 3.63) is 47.0 Å². The number of aromatic nitrogens is 2. The second kappa shape index (κ2) is 7.17. The molecule has 26 heavy (non-hydrogen) atoms. The first-order chi connectivity index (χ1) is 12.5. The number of rotatable bonds is 3. The maximum absolute atomic E-state index is 13.8. The molecule has 4 nitrogen and oxygen atoms in total. The first kappa shape index (κ1) is 18.5. The SMILES string of the molecule is CC(C)C1C2CCC1c1c(NC(=O)c3cn(C)nc3F)cccc12.CF. The molecule has 1 heterocycles. The third-order valence-electron chi connectivity index (χ3n) is 5.67. The van der Waals surface area contributed by atoms with Crippen molar-refractivity contribution >= 4 is 11.6 Å². The highest BCUT2D eigenvalue weighted by molar-refractivity contribution is 6.04. The van der Waals surface area contributed by atoms with Gasteiger partial charge in [0.15, 0.2) is 0 Å². The third kappa shape index (κ3) is 2.91. The van der Waals surface area contributed by atoms with E-state index < -0.39 is 11.9 Å². The van der Waals surface area contributed by atoms with E-state index in [2.05, 4.69) is 30.3 Å². The predicted molar refractivity (Wildman–Crippen MR) is 97.6 cm³/mol. The summed E-state index contributed by atoms with van der Waals surface area (Å²) in [6.45, 7) is 4.57. The Balaban J connectivity index is 0.000000948. The van der Waals surface area contributed by atoms with Crippen LogP contribution in [0.3, 0.4) is 0 Å². The smallest absolute Gasteiger partial charge is 0.261 e. The van der Waals surface area contributed by atoms with Crippen LogP contribution in [0.2, 0.25) is 0 Å². The molecule has 0 spiro atoms. The zero-order chi connectivity index (χ0) is 19.0. The summed E-state index contributed by atoms with van der Waals surface area (Å²) in [4.78, 5) is 12.5. The van der Waals surface area contributed by atoms with Crippen molar-refractivity contribution in [2.45, 2.75) is 38.5 Å². The molecule has 2 bridgehead atoms. The Morgan fingerprint density at radius 1 is 1.27 bits per heavy atom. The van der Waals surface area contributed by atoms with Crippen LogP contribution in [0, 0.1) is 17.8 Å². The monoisotopic (exact) mass is 361 g/mol. The summed E-state index contributed by atoms with van der Waals surface area (Å²) >= 11 is 0. The number of carbonyl (C=O) groups excluding carboxylic acids is 1. The van der Waals surface area contributed by atoms with Gasteiger partial charge in [0.05, 0.1) is 7.18 Å². The van der Waals surface area contributed by atoms with Crippen LogP contribution in [0.1, 0.15) is 60.0 Å². The molecule has 2 aliphatic carbocycles. The number of hydrogen-bond donors (Lipinski definition) is 1. The van der Waals surface area contributed by atoms with Gasteiger partial charge in [-0.2, -0.15) is 4.39 Å². The van der Waals surface area contributed by atoms with Gasteiger partial charge in [0.2, 0.25) is 5.95 Å². The number of hydrogen-bond acceptors (Lipinski definition) is 2. The Morgan fingerprint density at radius 2 is 1.96 bits per heavy atom. The van der Waals surface area contributed by atoms with Crippen molar-refractivity contribution in [2.75, 3.05) is 12.5 Å². The molecule has 1 saturated carbocycles. The molecule has 0 radical (unpaired) electrons. The second-order valence-electron chi connectivity index (χ2n) is 7.38. The minimum Gasteiger partial charge on any atom is -0.322 e. The fraction of sp³-hybridized carbons (Fsp3) is 0.500. The quantitative estimate of drug-likeness (QED) is 0.865. The summed E-state index contributed by atoms with van der Waals surface area (Å²) in [6, 6.07) is 6.12. The molecular weight excluding hydrogens is 336 g/mol. The molecule has 0 saturated heterocycles. The molecule has 2 aromatic rings. The Kier molecular flexibility index (Phi) is 5.12. The molecule has 3 unspecified atom stereocenters. The molecule has 1 N–H and O–H groups in total. The first-order valence-corrected chi connectivity index (χ1v) is 8.98. The average Bonchev–Trinajstić information content (AvgIpc) is 3.28. The van der Waals surface area contributed by atoms with Gasteiger partial charge < -0.3 is 5.32 Å². The van der Waals surface area contributed by atoms with Gasteiger partial charge in [0.1, 0.15) is 5.56 Å². The molecule has 1 aromatic carbocycles. The largest absolute Gasteiger partial charge is 0.322 e. The highest BCUT2D eigenvalue weighted by atomic mass is 19.1. The topological polar surface area (TPSA) is 46.9 Å². The average molecular weight is 361 g/mol. The molecule has 3 atom stereocenters. The van der Waals surface area contributed by atoms with E-state index in [-0.39, 0.29) is 5.56 Å². The Morgan fingerprint density at radius 3 is 2.58 bits per heavy atom. The molecule has 1 aromatic heterocycles. The normalized spacial score (nSPS) is 22.8. The van der Waals surface area contributed by atoms with Crippen molar-refractivity contribution < 1.29 is 13.6 Å². The number of aryl methyl sites for hydroxylation is 1. The maximum Gasteiger partial charge on any atom is 0.261 e. The van der Waals surface area contributed by atoms with Crippen LogP contribution in [0.15, 0.2) is 24.4 Å². The molecule has 6 heteroatoms. The van der Waals surface area contributed by atoms with Gasteiger partial charge in [-0.3, -0.25) is 13.9 Å². The molecule has 140 valence electrons. The van der Waals surface area contributed by atoms with E-state index in [0.717, 1.165) is 5.69 Å². The summed E-state index contributed by atoms with van der Waals surface area (Å²) in [5.41, 5.74) is 3.46. The number of carbonyl (C=O) groups is 1. The standard InChI is InChI=1S/C19H22FN3O.CH3F/c1-10(2)16-12-7-8-13(16)17-11(12)5-4-6-15(17)21-19(24)14-9-23(3)22-18(14)20;1-2/h4-6,9-10,12-13,16H,7-8H2,1-3H3,(H,21,24);1H3. The van der Waals surface area contributed by atoms with Crippen LogP contribution in [-0.2, 0) is 7.05 Å². The van der Waals surface area contributed by atoms with E-state index in [4.69, 9.17) is 0 Å².